The molecule has 0 fully saturated rings. The number of para-hydroxylation sites is 1. The molecule has 2 aromatic heterocycles. The van der Waals surface area contributed by atoms with E-state index in [9.17, 15) is 0 Å². The predicted octanol–water partition coefficient (Wildman–Crippen LogP) is 5.69. The van der Waals surface area contributed by atoms with E-state index in [0.717, 1.165) is 38.2 Å². The highest BCUT2D eigenvalue weighted by Crippen LogP contribution is 2.31. The Hall–Kier alpha value is -1.98. The van der Waals surface area contributed by atoms with Crippen molar-refractivity contribution in [3.8, 4) is 22.6 Å². The summed E-state index contributed by atoms with van der Waals surface area (Å²) >= 11 is 7.16. The average molecular weight is 429 g/mol. The molecule has 0 N–H and O–H groups in total. The van der Waals surface area contributed by atoms with E-state index < -0.39 is 0 Å². The first kappa shape index (κ1) is 14.6. The molecular formula is C18H11Br2N3. The summed E-state index contributed by atoms with van der Waals surface area (Å²) in [6.45, 7) is 0. The summed E-state index contributed by atoms with van der Waals surface area (Å²) in [4.78, 5) is 9.12. The van der Waals surface area contributed by atoms with Crippen molar-refractivity contribution in [2.75, 3.05) is 0 Å². The minimum Gasteiger partial charge on any atom is -0.258 e. The lowest BCUT2D eigenvalue weighted by atomic mass is 10.1. The fourth-order valence-corrected chi connectivity index (χ4v) is 3.55. The second kappa shape index (κ2) is 5.91. The number of hydrogen-bond donors (Lipinski definition) is 0. The Bertz CT molecular complexity index is 977. The van der Waals surface area contributed by atoms with Crippen LogP contribution in [0.2, 0.25) is 0 Å². The number of halogens is 2. The molecule has 23 heavy (non-hydrogen) atoms. The molecule has 3 nitrogen and oxygen atoms in total. The highest BCUT2D eigenvalue weighted by atomic mass is 79.9. The molecule has 0 amide bonds. The van der Waals surface area contributed by atoms with E-state index in [2.05, 4.69) is 61.3 Å². The average Bonchev–Trinajstić information content (AvgIpc) is 2.94. The van der Waals surface area contributed by atoms with E-state index in [1.807, 2.05) is 40.0 Å². The van der Waals surface area contributed by atoms with Crippen LogP contribution < -0.4 is 0 Å². The van der Waals surface area contributed by atoms with Crippen LogP contribution in [0.5, 0.6) is 0 Å². The molecule has 0 atom stereocenters. The molecule has 112 valence electrons. The first-order valence-electron chi connectivity index (χ1n) is 7.09. The minimum absolute atomic E-state index is 0.875. The summed E-state index contributed by atoms with van der Waals surface area (Å²) in [5.74, 6) is 0.875. The SMILES string of the molecule is Brc1cccc2c1nc(-c1ccc(-c3ccccn3)cc1)n2Br. The number of pyridine rings is 1. The molecule has 4 aromatic rings. The van der Waals surface area contributed by atoms with Gasteiger partial charge in [0.1, 0.15) is 5.52 Å². The van der Waals surface area contributed by atoms with Gasteiger partial charge in [-0.1, -0.05) is 36.4 Å². The third-order valence-corrected chi connectivity index (χ3v) is 5.04. The number of imidazole rings is 1. The maximum absolute atomic E-state index is 4.74. The fraction of sp³-hybridized carbons (Fsp3) is 0. The van der Waals surface area contributed by atoms with Crippen molar-refractivity contribution >= 4 is 43.1 Å². The van der Waals surface area contributed by atoms with Gasteiger partial charge in [-0.05, 0) is 40.2 Å². The van der Waals surface area contributed by atoms with Crippen LogP contribution in [-0.4, -0.2) is 13.6 Å². The van der Waals surface area contributed by atoms with Gasteiger partial charge in [-0.15, -0.1) is 0 Å². The van der Waals surface area contributed by atoms with E-state index in [4.69, 9.17) is 4.98 Å². The molecule has 0 aliphatic carbocycles. The Balaban J connectivity index is 1.80. The molecule has 0 saturated heterocycles. The van der Waals surface area contributed by atoms with Gasteiger partial charge < -0.3 is 0 Å². The first-order valence-corrected chi connectivity index (χ1v) is 8.59. The van der Waals surface area contributed by atoms with Crippen molar-refractivity contribution in [3.63, 3.8) is 0 Å². The van der Waals surface area contributed by atoms with Gasteiger partial charge in [0, 0.05) is 21.8 Å². The largest absolute Gasteiger partial charge is 0.258 e. The molecule has 0 aliphatic heterocycles. The minimum atomic E-state index is 0.875. The van der Waals surface area contributed by atoms with Crippen molar-refractivity contribution in [1.82, 2.24) is 13.6 Å². The second-order valence-electron chi connectivity index (χ2n) is 5.12. The van der Waals surface area contributed by atoms with E-state index in [-0.39, 0.29) is 0 Å². The monoisotopic (exact) mass is 427 g/mol. The quantitative estimate of drug-likeness (QED) is 0.410. The van der Waals surface area contributed by atoms with Crippen LogP contribution in [0.15, 0.2) is 71.3 Å². The van der Waals surface area contributed by atoms with Crippen molar-refractivity contribution in [2.45, 2.75) is 0 Å². The summed E-state index contributed by atoms with van der Waals surface area (Å²) in [6, 6.07) is 20.2. The van der Waals surface area contributed by atoms with Crippen molar-refractivity contribution in [1.29, 1.82) is 0 Å². The van der Waals surface area contributed by atoms with E-state index in [1.54, 1.807) is 6.20 Å². The number of benzene rings is 2. The standard InChI is InChI=1S/C18H11Br2N3/c19-14-4-3-6-16-17(14)22-18(23(16)20)13-9-7-12(8-10-13)15-5-1-2-11-21-15/h1-11H. The van der Waals surface area contributed by atoms with Gasteiger partial charge in [0.05, 0.1) is 27.4 Å². The Morgan fingerprint density at radius 3 is 2.30 bits per heavy atom. The second-order valence-corrected chi connectivity index (χ2v) is 6.68. The highest BCUT2D eigenvalue weighted by molar-refractivity contribution is 9.10. The van der Waals surface area contributed by atoms with Crippen LogP contribution in [0.25, 0.3) is 33.7 Å². The summed E-state index contributed by atoms with van der Waals surface area (Å²) < 4.78 is 2.92. The predicted molar refractivity (Wildman–Crippen MR) is 100 cm³/mol. The van der Waals surface area contributed by atoms with Crippen LogP contribution in [0.4, 0.5) is 0 Å². The van der Waals surface area contributed by atoms with Gasteiger partial charge in [0.2, 0.25) is 0 Å². The molecule has 4 rings (SSSR count). The smallest absolute Gasteiger partial charge is 0.151 e. The zero-order valence-electron chi connectivity index (χ0n) is 11.9. The molecule has 0 bridgehead atoms. The maximum atomic E-state index is 4.74. The van der Waals surface area contributed by atoms with Gasteiger partial charge in [-0.3, -0.25) is 8.58 Å². The number of fused-ring (bicyclic) bond motifs is 1. The molecule has 2 heterocycles. The number of aromatic nitrogens is 3. The first-order chi connectivity index (χ1) is 11.2. The van der Waals surface area contributed by atoms with Crippen molar-refractivity contribution < 1.29 is 0 Å². The Kier molecular flexibility index (Phi) is 3.75. The van der Waals surface area contributed by atoms with E-state index in [1.165, 1.54) is 0 Å². The Morgan fingerprint density at radius 2 is 1.61 bits per heavy atom. The zero-order chi connectivity index (χ0) is 15.8. The lowest BCUT2D eigenvalue weighted by Crippen LogP contribution is -1.87. The third kappa shape index (κ3) is 2.60. The number of hydrogen-bond acceptors (Lipinski definition) is 2. The molecule has 2 aromatic carbocycles. The molecule has 5 heteroatoms. The van der Waals surface area contributed by atoms with Crippen LogP contribution in [0, 0.1) is 0 Å². The normalized spacial score (nSPS) is 11.0. The van der Waals surface area contributed by atoms with Gasteiger partial charge in [-0.25, -0.2) is 4.98 Å². The van der Waals surface area contributed by atoms with Gasteiger partial charge >= 0.3 is 0 Å². The maximum Gasteiger partial charge on any atom is 0.151 e. The van der Waals surface area contributed by atoms with Crippen molar-refractivity contribution in [3.05, 3.63) is 71.3 Å². The zero-order valence-corrected chi connectivity index (χ0v) is 15.1. The molecule has 0 unspecified atom stereocenters. The van der Waals surface area contributed by atoms with Crippen LogP contribution >= 0.6 is 32.1 Å². The van der Waals surface area contributed by atoms with Crippen LogP contribution in [-0.2, 0) is 0 Å². The van der Waals surface area contributed by atoms with E-state index >= 15 is 0 Å². The Morgan fingerprint density at radius 1 is 0.826 bits per heavy atom. The number of rotatable bonds is 2. The lowest BCUT2D eigenvalue weighted by molar-refractivity contribution is 1.28. The summed E-state index contributed by atoms with van der Waals surface area (Å²) in [6.07, 6.45) is 1.80. The van der Waals surface area contributed by atoms with Crippen LogP contribution in [0.3, 0.4) is 0 Å². The molecule has 0 radical (unpaired) electrons. The van der Waals surface area contributed by atoms with Crippen LogP contribution in [0.1, 0.15) is 0 Å². The lowest BCUT2D eigenvalue weighted by Gasteiger charge is -2.03. The third-order valence-electron chi connectivity index (χ3n) is 3.68. The Labute approximate surface area is 150 Å². The number of nitrogens with zero attached hydrogens (tertiary/aromatic N) is 3. The highest BCUT2D eigenvalue weighted by Gasteiger charge is 2.13. The van der Waals surface area contributed by atoms with Gasteiger partial charge in [-0.2, -0.15) is 0 Å². The summed E-state index contributed by atoms with van der Waals surface area (Å²) in [7, 11) is 0. The summed E-state index contributed by atoms with van der Waals surface area (Å²) in [5, 5.41) is 0. The molecule has 0 saturated carbocycles. The fourth-order valence-electron chi connectivity index (χ4n) is 2.54. The van der Waals surface area contributed by atoms with E-state index in [0.29, 0.717) is 0 Å². The van der Waals surface area contributed by atoms with Gasteiger partial charge in [0.25, 0.3) is 0 Å². The molecular weight excluding hydrogens is 418 g/mol. The summed E-state index contributed by atoms with van der Waals surface area (Å²) in [5.41, 5.74) is 5.07. The topological polar surface area (TPSA) is 30.7 Å². The molecule has 0 aliphatic rings. The van der Waals surface area contributed by atoms with Gasteiger partial charge in [0.15, 0.2) is 5.82 Å². The van der Waals surface area contributed by atoms with Crippen molar-refractivity contribution in [2.24, 2.45) is 0 Å². The molecule has 0 spiro atoms.